The van der Waals surface area contributed by atoms with Gasteiger partial charge in [0.2, 0.25) is 0 Å². The number of methoxy groups -OCH3 is 1. The third kappa shape index (κ3) is 4.32. The lowest BCUT2D eigenvalue weighted by molar-refractivity contribution is 0.204. The number of pyridine rings is 1. The van der Waals surface area contributed by atoms with E-state index in [4.69, 9.17) is 4.74 Å². The third-order valence-electron chi connectivity index (χ3n) is 2.49. The fourth-order valence-electron chi connectivity index (χ4n) is 1.76. The molecule has 0 aromatic carbocycles. The van der Waals surface area contributed by atoms with E-state index in [0.717, 1.165) is 24.5 Å². The number of hydrogen-bond acceptors (Lipinski definition) is 4. The van der Waals surface area contributed by atoms with Crippen LogP contribution < -0.4 is 4.90 Å². The van der Waals surface area contributed by atoms with Crippen LogP contribution in [0.2, 0.25) is 0 Å². The first-order chi connectivity index (χ1) is 8.19. The molecule has 0 amide bonds. The van der Waals surface area contributed by atoms with Crippen LogP contribution in [0.4, 0.5) is 5.82 Å². The summed E-state index contributed by atoms with van der Waals surface area (Å²) in [5, 5.41) is 9.33. The monoisotopic (exact) mass is 238 g/mol. The van der Waals surface area contributed by atoms with Crippen LogP contribution in [0.3, 0.4) is 0 Å². The lowest BCUT2D eigenvalue weighted by Crippen LogP contribution is -2.32. The summed E-state index contributed by atoms with van der Waals surface area (Å²) in [7, 11) is 1.69. The van der Waals surface area contributed by atoms with Gasteiger partial charge in [-0.25, -0.2) is 4.98 Å². The first-order valence-corrected chi connectivity index (χ1v) is 5.97. The van der Waals surface area contributed by atoms with Crippen molar-refractivity contribution < 1.29 is 9.84 Å². The van der Waals surface area contributed by atoms with Crippen molar-refractivity contribution in [3.8, 4) is 0 Å². The zero-order valence-electron chi connectivity index (χ0n) is 10.9. The zero-order valence-corrected chi connectivity index (χ0v) is 10.9. The highest BCUT2D eigenvalue weighted by atomic mass is 16.5. The summed E-state index contributed by atoms with van der Waals surface area (Å²) >= 11 is 0. The van der Waals surface area contributed by atoms with Gasteiger partial charge in [0.05, 0.1) is 13.2 Å². The van der Waals surface area contributed by atoms with E-state index in [-0.39, 0.29) is 6.61 Å². The number of nitrogens with zero attached hydrogens (tertiary/aromatic N) is 2. The predicted octanol–water partition coefficient (Wildman–Crippen LogP) is 1.68. The van der Waals surface area contributed by atoms with Crippen molar-refractivity contribution in [2.24, 2.45) is 5.92 Å². The molecular weight excluding hydrogens is 216 g/mol. The van der Waals surface area contributed by atoms with Crippen LogP contribution in [-0.2, 0) is 11.3 Å². The van der Waals surface area contributed by atoms with Gasteiger partial charge in [0, 0.05) is 32.0 Å². The number of aromatic nitrogens is 1. The Morgan fingerprint density at radius 3 is 2.82 bits per heavy atom. The quantitative estimate of drug-likeness (QED) is 0.785. The summed E-state index contributed by atoms with van der Waals surface area (Å²) in [6, 6.07) is 3.75. The average molecular weight is 238 g/mol. The maximum atomic E-state index is 9.33. The molecule has 0 bridgehead atoms. The van der Waals surface area contributed by atoms with Gasteiger partial charge in [0.1, 0.15) is 5.82 Å². The largest absolute Gasteiger partial charge is 0.392 e. The second kappa shape index (κ2) is 7.25. The summed E-state index contributed by atoms with van der Waals surface area (Å²) < 4.78 is 5.12. The van der Waals surface area contributed by atoms with E-state index in [9.17, 15) is 5.11 Å². The van der Waals surface area contributed by atoms with E-state index in [1.807, 2.05) is 12.1 Å². The van der Waals surface area contributed by atoms with Crippen molar-refractivity contribution in [3.05, 3.63) is 23.9 Å². The van der Waals surface area contributed by atoms with Crippen LogP contribution in [0.1, 0.15) is 19.4 Å². The Hall–Kier alpha value is -1.13. The average Bonchev–Trinajstić information content (AvgIpc) is 2.34. The Bertz CT molecular complexity index is 329. The topological polar surface area (TPSA) is 45.6 Å². The van der Waals surface area contributed by atoms with Gasteiger partial charge in [-0.2, -0.15) is 0 Å². The molecular formula is C13H22N2O2. The standard InChI is InChI=1S/C13H22N2O2/c1-11(2)9-15(7-8-17-3)13-12(10-16)5-4-6-14-13/h4-6,11,16H,7-10H2,1-3H3. The van der Waals surface area contributed by atoms with E-state index in [1.54, 1.807) is 13.3 Å². The van der Waals surface area contributed by atoms with Crippen LogP contribution >= 0.6 is 0 Å². The Morgan fingerprint density at radius 2 is 2.24 bits per heavy atom. The second-order valence-corrected chi connectivity index (χ2v) is 4.48. The molecule has 0 aliphatic carbocycles. The molecule has 0 saturated carbocycles. The number of hydrogen-bond donors (Lipinski definition) is 1. The first kappa shape index (κ1) is 13.9. The molecule has 4 nitrogen and oxygen atoms in total. The molecule has 1 heterocycles. The molecule has 1 N–H and O–H groups in total. The van der Waals surface area contributed by atoms with Crippen molar-refractivity contribution >= 4 is 5.82 Å². The summed E-state index contributed by atoms with van der Waals surface area (Å²) in [5.74, 6) is 1.40. The van der Waals surface area contributed by atoms with Crippen molar-refractivity contribution in [2.75, 3.05) is 31.7 Å². The molecule has 1 aromatic heterocycles. The van der Waals surface area contributed by atoms with Crippen LogP contribution in [0.25, 0.3) is 0 Å². The Labute approximate surface area is 103 Å². The highest BCUT2D eigenvalue weighted by Crippen LogP contribution is 2.18. The van der Waals surface area contributed by atoms with E-state index >= 15 is 0 Å². The molecule has 1 aromatic rings. The van der Waals surface area contributed by atoms with Gasteiger partial charge in [0.15, 0.2) is 0 Å². The van der Waals surface area contributed by atoms with Gasteiger partial charge in [-0.1, -0.05) is 19.9 Å². The minimum absolute atomic E-state index is 0.0186. The zero-order chi connectivity index (χ0) is 12.7. The minimum Gasteiger partial charge on any atom is -0.392 e. The van der Waals surface area contributed by atoms with Crippen LogP contribution in [-0.4, -0.2) is 36.9 Å². The van der Waals surface area contributed by atoms with Gasteiger partial charge >= 0.3 is 0 Å². The molecule has 17 heavy (non-hydrogen) atoms. The van der Waals surface area contributed by atoms with E-state index in [1.165, 1.54) is 0 Å². The summed E-state index contributed by atoms with van der Waals surface area (Å²) in [4.78, 5) is 6.53. The van der Waals surface area contributed by atoms with Crippen LogP contribution in [0.5, 0.6) is 0 Å². The maximum Gasteiger partial charge on any atom is 0.134 e. The molecule has 0 fully saturated rings. The molecule has 0 spiro atoms. The fourth-order valence-corrected chi connectivity index (χ4v) is 1.76. The lowest BCUT2D eigenvalue weighted by Gasteiger charge is -2.26. The van der Waals surface area contributed by atoms with Crippen molar-refractivity contribution in [1.82, 2.24) is 4.98 Å². The predicted molar refractivity (Wildman–Crippen MR) is 69.1 cm³/mol. The molecule has 4 heteroatoms. The van der Waals surface area contributed by atoms with Crippen molar-refractivity contribution in [1.29, 1.82) is 0 Å². The van der Waals surface area contributed by atoms with E-state index in [2.05, 4.69) is 23.7 Å². The molecule has 0 atom stereocenters. The minimum atomic E-state index is 0.0186. The maximum absolute atomic E-state index is 9.33. The summed E-state index contributed by atoms with van der Waals surface area (Å²) in [5.41, 5.74) is 0.865. The molecule has 0 aliphatic rings. The van der Waals surface area contributed by atoms with Crippen molar-refractivity contribution in [2.45, 2.75) is 20.5 Å². The van der Waals surface area contributed by atoms with Crippen molar-refractivity contribution in [3.63, 3.8) is 0 Å². The SMILES string of the molecule is COCCN(CC(C)C)c1ncccc1CO. The van der Waals surface area contributed by atoms with Gasteiger partial charge in [-0.3, -0.25) is 0 Å². The second-order valence-electron chi connectivity index (χ2n) is 4.48. The Morgan fingerprint density at radius 1 is 1.47 bits per heavy atom. The van der Waals surface area contributed by atoms with Crippen LogP contribution in [0.15, 0.2) is 18.3 Å². The van der Waals surface area contributed by atoms with Gasteiger partial charge in [-0.15, -0.1) is 0 Å². The Kier molecular flexibility index (Phi) is 5.94. The Balaban J connectivity index is 2.86. The van der Waals surface area contributed by atoms with E-state index < -0.39 is 0 Å². The van der Waals surface area contributed by atoms with Gasteiger partial charge in [-0.05, 0) is 12.0 Å². The molecule has 0 saturated heterocycles. The molecule has 96 valence electrons. The fraction of sp³-hybridized carbons (Fsp3) is 0.615. The van der Waals surface area contributed by atoms with Crippen LogP contribution in [0, 0.1) is 5.92 Å². The lowest BCUT2D eigenvalue weighted by atomic mass is 10.2. The number of aliphatic hydroxyl groups excluding tert-OH is 1. The van der Waals surface area contributed by atoms with Gasteiger partial charge in [0.25, 0.3) is 0 Å². The smallest absolute Gasteiger partial charge is 0.134 e. The number of aliphatic hydroxyl groups is 1. The van der Waals surface area contributed by atoms with Gasteiger partial charge < -0.3 is 14.7 Å². The van der Waals surface area contributed by atoms with E-state index in [0.29, 0.717) is 12.5 Å². The number of ether oxygens (including phenoxy) is 1. The molecule has 0 unspecified atom stereocenters. The molecule has 0 radical (unpaired) electrons. The molecule has 0 aliphatic heterocycles. The number of anilines is 1. The number of rotatable bonds is 7. The molecule has 1 rings (SSSR count). The first-order valence-electron chi connectivity index (χ1n) is 5.97. The normalized spacial score (nSPS) is 10.9. The summed E-state index contributed by atoms with van der Waals surface area (Å²) in [6.07, 6.45) is 1.76. The third-order valence-corrected chi connectivity index (χ3v) is 2.49. The highest BCUT2D eigenvalue weighted by molar-refractivity contribution is 5.46. The summed E-state index contributed by atoms with van der Waals surface area (Å²) in [6.45, 7) is 6.72. The highest BCUT2D eigenvalue weighted by Gasteiger charge is 2.13.